The third kappa shape index (κ3) is 11.1. The molecule has 2 amide bonds. The van der Waals surface area contributed by atoms with Crippen molar-refractivity contribution in [1.29, 1.82) is 0 Å². The van der Waals surface area contributed by atoms with E-state index in [9.17, 15) is 14.4 Å². The van der Waals surface area contributed by atoms with Gasteiger partial charge in [-0.1, -0.05) is 56.9 Å². The van der Waals surface area contributed by atoms with Gasteiger partial charge in [-0.2, -0.15) is 0 Å². The molecule has 0 bridgehead atoms. The largest absolute Gasteiger partial charge is 0.497 e. The van der Waals surface area contributed by atoms with E-state index in [-0.39, 0.29) is 18.2 Å². The number of anilines is 1. The molecule has 0 unspecified atom stereocenters. The SMILES string of the molecule is CCCCCCCOc1ccc(C(=O)Oc2ccc(CCNC(=O)c3ccc(NC(=O)Cc4ccc(OC)cc4)cc3)cc2)cc1. The predicted octanol–water partition coefficient (Wildman–Crippen LogP) is 7.42. The number of benzene rings is 4. The van der Waals surface area contributed by atoms with Crippen LogP contribution >= 0.6 is 0 Å². The highest BCUT2D eigenvalue weighted by molar-refractivity contribution is 5.96. The molecule has 240 valence electrons. The Bertz CT molecular complexity index is 1530. The molecule has 0 radical (unpaired) electrons. The van der Waals surface area contributed by atoms with Gasteiger partial charge in [0.1, 0.15) is 17.2 Å². The van der Waals surface area contributed by atoms with Crippen molar-refractivity contribution in [2.45, 2.75) is 51.9 Å². The summed E-state index contributed by atoms with van der Waals surface area (Å²) in [5.41, 5.74) is 3.43. The maximum absolute atomic E-state index is 12.6. The Morgan fingerprint density at radius 2 is 1.26 bits per heavy atom. The minimum Gasteiger partial charge on any atom is -0.497 e. The number of unbranched alkanes of at least 4 members (excludes halogenated alkanes) is 4. The van der Waals surface area contributed by atoms with E-state index in [0.717, 1.165) is 35.5 Å². The van der Waals surface area contributed by atoms with Crippen molar-refractivity contribution in [2.24, 2.45) is 0 Å². The van der Waals surface area contributed by atoms with Crippen molar-refractivity contribution in [3.63, 3.8) is 0 Å². The molecule has 0 aliphatic carbocycles. The van der Waals surface area contributed by atoms with Gasteiger partial charge in [-0.05, 0) is 96.8 Å². The first-order valence-corrected chi connectivity index (χ1v) is 15.8. The summed E-state index contributed by atoms with van der Waals surface area (Å²) in [7, 11) is 1.60. The summed E-state index contributed by atoms with van der Waals surface area (Å²) in [5, 5.41) is 5.77. The lowest BCUT2D eigenvalue weighted by Gasteiger charge is -2.09. The number of ether oxygens (including phenoxy) is 3. The van der Waals surface area contributed by atoms with Crippen molar-refractivity contribution < 1.29 is 28.6 Å². The Labute approximate surface area is 271 Å². The van der Waals surface area contributed by atoms with Crippen LogP contribution in [-0.4, -0.2) is 38.0 Å². The molecule has 0 aliphatic heterocycles. The summed E-state index contributed by atoms with van der Waals surface area (Å²) in [6, 6.07) is 28.3. The highest BCUT2D eigenvalue weighted by Crippen LogP contribution is 2.18. The summed E-state index contributed by atoms with van der Waals surface area (Å²) in [5.74, 6) is 1.14. The van der Waals surface area contributed by atoms with E-state index in [0.29, 0.717) is 42.1 Å². The van der Waals surface area contributed by atoms with Crippen LogP contribution in [0.4, 0.5) is 5.69 Å². The first kappa shape index (κ1) is 33.8. The molecule has 0 heterocycles. The van der Waals surface area contributed by atoms with Crippen LogP contribution in [0.3, 0.4) is 0 Å². The van der Waals surface area contributed by atoms with E-state index in [4.69, 9.17) is 14.2 Å². The van der Waals surface area contributed by atoms with Crippen molar-refractivity contribution in [3.8, 4) is 17.2 Å². The van der Waals surface area contributed by atoms with Crippen LogP contribution in [0, 0.1) is 0 Å². The smallest absolute Gasteiger partial charge is 0.343 e. The van der Waals surface area contributed by atoms with Gasteiger partial charge in [0.25, 0.3) is 5.91 Å². The second-order valence-electron chi connectivity index (χ2n) is 11.0. The van der Waals surface area contributed by atoms with Gasteiger partial charge in [-0.25, -0.2) is 4.79 Å². The van der Waals surface area contributed by atoms with Gasteiger partial charge in [0.2, 0.25) is 5.91 Å². The molecule has 4 aromatic rings. The summed E-state index contributed by atoms with van der Waals surface area (Å²) in [6.45, 7) is 3.31. The number of hydrogen-bond acceptors (Lipinski definition) is 6. The number of carbonyl (C=O) groups excluding carboxylic acids is 3. The third-order valence-electron chi connectivity index (χ3n) is 7.39. The summed E-state index contributed by atoms with van der Waals surface area (Å²) < 4.78 is 16.4. The zero-order valence-electron chi connectivity index (χ0n) is 26.6. The molecule has 4 rings (SSSR count). The lowest BCUT2D eigenvalue weighted by molar-refractivity contribution is -0.115. The highest BCUT2D eigenvalue weighted by Gasteiger charge is 2.10. The van der Waals surface area contributed by atoms with Gasteiger partial charge in [-0.3, -0.25) is 9.59 Å². The topological polar surface area (TPSA) is 103 Å². The maximum atomic E-state index is 12.6. The molecular formula is C38H42N2O6. The molecular weight excluding hydrogens is 580 g/mol. The molecule has 0 aliphatic rings. The van der Waals surface area contributed by atoms with Crippen molar-refractivity contribution >= 4 is 23.5 Å². The first-order chi connectivity index (χ1) is 22.4. The Morgan fingerprint density at radius 3 is 1.93 bits per heavy atom. The Hall–Kier alpha value is -5.11. The van der Waals surface area contributed by atoms with Crippen molar-refractivity contribution in [3.05, 3.63) is 119 Å². The summed E-state index contributed by atoms with van der Waals surface area (Å²) in [6.07, 6.45) is 6.74. The molecule has 8 heteroatoms. The number of methoxy groups -OCH3 is 1. The average Bonchev–Trinajstić information content (AvgIpc) is 3.08. The van der Waals surface area contributed by atoms with Crippen LogP contribution in [0.15, 0.2) is 97.1 Å². The van der Waals surface area contributed by atoms with Crippen LogP contribution in [0.2, 0.25) is 0 Å². The zero-order valence-corrected chi connectivity index (χ0v) is 26.6. The molecule has 46 heavy (non-hydrogen) atoms. The molecule has 0 aromatic heterocycles. The molecule has 4 aromatic carbocycles. The third-order valence-corrected chi connectivity index (χ3v) is 7.39. The molecule has 8 nitrogen and oxygen atoms in total. The number of esters is 1. The molecule has 0 atom stereocenters. The normalized spacial score (nSPS) is 10.6. The lowest BCUT2D eigenvalue weighted by Crippen LogP contribution is -2.25. The van der Waals surface area contributed by atoms with Gasteiger partial charge < -0.3 is 24.8 Å². The van der Waals surface area contributed by atoms with E-state index in [1.54, 1.807) is 67.8 Å². The molecule has 2 N–H and O–H groups in total. The molecule has 0 spiro atoms. The van der Waals surface area contributed by atoms with Gasteiger partial charge in [-0.15, -0.1) is 0 Å². The van der Waals surface area contributed by atoms with Crippen LogP contribution in [0.5, 0.6) is 17.2 Å². The van der Waals surface area contributed by atoms with Crippen LogP contribution in [-0.2, 0) is 17.6 Å². The number of nitrogens with one attached hydrogen (secondary N) is 2. The first-order valence-electron chi connectivity index (χ1n) is 15.8. The Balaban J connectivity index is 1.15. The van der Waals surface area contributed by atoms with Crippen molar-refractivity contribution in [1.82, 2.24) is 5.32 Å². The van der Waals surface area contributed by atoms with E-state index in [2.05, 4.69) is 17.6 Å². The van der Waals surface area contributed by atoms with E-state index >= 15 is 0 Å². The summed E-state index contributed by atoms with van der Waals surface area (Å²) >= 11 is 0. The number of carbonyl (C=O) groups is 3. The second-order valence-corrected chi connectivity index (χ2v) is 11.0. The lowest BCUT2D eigenvalue weighted by atomic mass is 10.1. The molecule has 0 saturated carbocycles. The number of amides is 2. The van der Waals surface area contributed by atoms with Crippen LogP contribution in [0.1, 0.15) is 70.9 Å². The predicted molar refractivity (Wildman–Crippen MR) is 180 cm³/mol. The maximum Gasteiger partial charge on any atom is 0.343 e. The number of hydrogen-bond donors (Lipinski definition) is 2. The second kappa shape index (κ2) is 18.0. The van der Waals surface area contributed by atoms with Gasteiger partial charge in [0, 0.05) is 17.8 Å². The molecule has 0 fully saturated rings. The fourth-order valence-corrected chi connectivity index (χ4v) is 4.73. The van der Waals surface area contributed by atoms with E-state index in [1.165, 1.54) is 19.3 Å². The minimum atomic E-state index is -0.436. The fraction of sp³-hybridized carbons (Fsp3) is 0.289. The molecule has 0 saturated heterocycles. The fourth-order valence-electron chi connectivity index (χ4n) is 4.73. The van der Waals surface area contributed by atoms with Gasteiger partial charge in [0.15, 0.2) is 0 Å². The van der Waals surface area contributed by atoms with E-state index in [1.807, 2.05) is 36.4 Å². The van der Waals surface area contributed by atoms with Crippen LogP contribution in [0.25, 0.3) is 0 Å². The van der Waals surface area contributed by atoms with Crippen LogP contribution < -0.4 is 24.8 Å². The zero-order chi connectivity index (χ0) is 32.6. The number of rotatable bonds is 17. The van der Waals surface area contributed by atoms with Gasteiger partial charge >= 0.3 is 5.97 Å². The monoisotopic (exact) mass is 622 g/mol. The average molecular weight is 623 g/mol. The standard InChI is InChI=1S/C38H42N2O6/c1-3-4-5-6-7-26-45-34-22-14-31(15-23-34)38(43)46-35-20-8-28(9-21-35)24-25-39-37(42)30-12-16-32(17-13-30)40-36(41)27-29-10-18-33(44-2)19-11-29/h8-23H,3-7,24-27H2,1-2H3,(H,39,42)(H,40,41). The highest BCUT2D eigenvalue weighted by atomic mass is 16.5. The minimum absolute atomic E-state index is 0.147. The van der Waals surface area contributed by atoms with Crippen molar-refractivity contribution in [2.75, 3.05) is 25.6 Å². The Morgan fingerprint density at radius 1 is 0.652 bits per heavy atom. The Kier molecular flexibility index (Phi) is 13.2. The summed E-state index contributed by atoms with van der Waals surface area (Å²) in [4.78, 5) is 37.6. The van der Waals surface area contributed by atoms with Gasteiger partial charge in [0.05, 0.1) is 25.7 Å². The van der Waals surface area contributed by atoms with E-state index < -0.39 is 5.97 Å². The quantitative estimate of drug-likeness (QED) is 0.0722.